The molecular formula is C28H28ClFN4O6S2. The van der Waals surface area contributed by atoms with Crippen molar-refractivity contribution in [2.24, 2.45) is 0 Å². The van der Waals surface area contributed by atoms with Crippen LogP contribution in [0, 0.1) is 5.82 Å². The lowest BCUT2D eigenvalue weighted by Gasteiger charge is -2.28. The minimum Gasteiger partial charge on any atom is -0.598 e. The maximum Gasteiger partial charge on any atom is 0.422 e. The molecule has 0 fully saturated rings. The van der Waals surface area contributed by atoms with E-state index < -0.39 is 51.6 Å². The lowest BCUT2D eigenvalue weighted by atomic mass is 9.97. The van der Waals surface area contributed by atoms with Crippen LogP contribution in [-0.2, 0) is 17.0 Å². The van der Waals surface area contributed by atoms with E-state index in [1.807, 2.05) is 18.2 Å². The molecule has 0 bridgehead atoms. The van der Waals surface area contributed by atoms with Crippen molar-refractivity contribution in [2.45, 2.75) is 51.0 Å². The molecule has 0 aliphatic carbocycles. The minimum absolute atomic E-state index is 0.117. The van der Waals surface area contributed by atoms with Gasteiger partial charge in [-0.05, 0) is 69.8 Å². The molecule has 0 saturated carbocycles. The average Bonchev–Trinajstić information content (AvgIpc) is 3.31. The number of thiophene rings is 1. The number of rotatable bonds is 7. The number of carboxylic acid groups (broad SMARTS) is 2. The molecule has 10 nitrogen and oxygen atoms in total. The summed E-state index contributed by atoms with van der Waals surface area (Å²) in [6, 6.07) is 10.6. The van der Waals surface area contributed by atoms with Crippen molar-refractivity contribution in [3.05, 3.63) is 75.6 Å². The van der Waals surface area contributed by atoms with Gasteiger partial charge in [-0.15, -0.1) is 16.1 Å². The van der Waals surface area contributed by atoms with Gasteiger partial charge in [-0.25, -0.2) is 19.0 Å². The Morgan fingerprint density at radius 2 is 1.79 bits per heavy atom. The monoisotopic (exact) mass is 634 g/mol. The Hall–Kier alpha value is -3.33. The molecule has 4 rings (SSSR count). The second-order valence-electron chi connectivity index (χ2n) is 10.9. The van der Waals surface area contributed by atoms with Crippen LogP contribution in [0.15, 0.2) is 48.7 Å². The Morgan fingerprint density at radius 1 is 1.12 bits per heavy atom. The summed E-state index contributed by atoms with van der Waals surface area (Å²) in [7, 11) is 0. The molecule has 1 aromatic carbocycles. The fourth-order valence-corrected chi connectivity index (χ4v) is 6.38. The zero-order valence-corrected chi connectivity index (χ0v) is 25.6. The highest BCUT2D eigenvalue weighted by molar-refractivity contribution is 7.90. The Morgan fingerprint density at radius 3 is 2.38 bits per heavy atom. The number of nitrogens with zero attached hydrogens (tertiary/aromatic N) is 3. The van der Waals surface area contributed by atoms with Gasteiger partial charge in [0.25, 0.3) is 0 Å². The first-order chi connectivity index (χ1) is 19.5. The summed E-state index contributed by atoms with van der Waals surface area (Å²) in [5, 5.41) is 29.9. The summed E-state index contributed by atoms with van der Waals surface area (Å²) in [4.78, 5) is 32.1. The van der Waals surface area contributed by atoms with E-state index in [2.05, 4.69) is 14.7 Å². The van der Waals surface area contributed by atoms with Gasteiger partial charge in [0, 0.05) is 32.7 Å². The van der Waals surface area contributed by atoms with Crippen molar-refractivity contribution in [2.75, 3.05) is 4.90 Å². The SMILES string of the molecule is CC(C)(O)c1ccnc(-c2cccc3cc([C@H](N[S@@+]([O-])C(C)(C)C)c4nc(N(C(=O)O)C(=O)O)c(F)cc4Cl)sc23)c1. The van der Waals surface area contributed by atoms with Crippen molar-refractivity contribution >= 4 is 62.4 Å². The third-order valence-electron chi connectivity index (χ3n) is 6.18. The van der Waals surface area contributed by atoms with Crippen molar-refractivity contribution in [3.63, 3.8) is 0 Å². The number of carbonyl (C=O) groups is 2. The van der Waals surface area contributed by atoms with Crippen LogP contribution in [-0.4, -0.2) is 46.8 Å². The molecule has 0 saturated heterocycles. The van der Waals surface area contributed by atoms with Crippen molar-refractivity contribution < 1.29 is 33.9 Å². The van der Waals surface area contributed by atoms with E-state index in [0.717, 1.165) is 21.7 Å². The Balaban J connectivity index is 1.93. The van der Waals surface area contributed by atoms with Crippen LogP contribution in [0.5, 0.6) is 0 Å². The van der Waals surface area contributed by atoms with Crippen LogP contribution < -0.4 is 9.62 Å². The van der Waals surface area contributed by atoms with Gasteiger partial charge in [0.15, 0.2) is 11.6 Å². The Labute approximate surface area is 253 Å². The molecule has 4 aromatic rings. The molecule has 2 amide bonds. The molecule has 3 heterocycles. The standard InChI is InChI=1S/C28H28ClFN4O6S2/c1-27(2,3)42(40)33-22(21-17(29)13-18(30)24(32-21)34(25(35)36)26(37)38)20-11-14-7-6-8-16(23(14)41-20)19-12-15(9-10-31-19)28(4,5)39/h6-13,22,33,39H,1-5H3,(H,35,36)(H,37,38)/t22-,42-/m0/s1. The van der Waals surface area contributed by atoms with E-state index in [-0.39, 0.29) is 15.6 Å². The van der Waals surface area contributed by atoms with Crippen LogP contribution >= 0.6 is 22.9 Å². The van der Waals surface area contributed by atoms with Gasteiger partial charge < -0.3 is 19.9 Å². The largest absolute Gasteiger partial charge is 0.598 e. The predicted molar refractivity (Wildman–Crippen MR) is 161 cm³/mol. The highest BCUT2D eigenvalue weighted by Crippen LogP contribution is 2.41. The first-order valence-corrected chi connectivity index (χ1v) is 14.8. The summed E-state index contributed by atoms with van der Waals surface area (Å²) < 4.78 is 31.1. The van der Waals surface area contributed by atoms with Gasteiger partial charge in [0.2, 0.25) is 0 Å². The summed E-state index contributed by atoms with van der Waals surface area (Å²) >= 11 is 5.98. The lowest BCUT2D eigenvalue weighted by Crippen LogP contribution is -2.42. The molecule has 222 valence electrons. The number of hydrogen-bond donors (Lipinski definition) is 4. The second kappa shape index (κ2) is 11.7. The number of aromatic nitrogens is 2. The molecule has 4 N–H and O–H groups in total. The fourth-order valence-electron chi connectivity index (χ4n) is 4.01. The third kappa shape index (κ3) is 6.51. The molecule has 0 aliphatic rings. The zero-order valence-electron chi connectivity index (χ0n) is 23.2. The van der Waals surface area contributed by atoms with Crippen LogP contribution in [0.4, 0.5) is 19.8 Å². The molecule has 0 radical (unpaired) electrons. The number of halogens is 2. The van der Waals surface area contributed by atoms with Gasteiger partial charge in [-0.3, -0.25) is 4.98 Å². The average molecular weight is 635 g/mol. The van der Waals surface area contributed by atoms with E-state index in [1.54, 1.807) is 59.0 Å². The van der Waals surface area contributed by atoms with Crippen LogP contribution in [0.3, 0.4) is 0 Å². The number of hydrogen-bond acceptors (Lipinski definition) is 8. The van der Waals surface area contributed by atoms with Gasteiger partial charge >= 0.3 is 12.2 Å². The van der Waals surface area contributed by atoms with Crippen LogP contribution in [0.25, 0.3) is 21.3 Å². The van der Waals surface area contributed by atoms with Crippen LogP contribution in [0.1, 0.15) is 56.8 Å². The van der Waals surface area contributed by atoms with Crippen molar-refractivity contribution in [3.8, 4) is 11.3 Å². The normalized spacial score (nSPS) is 13.6. The maximum absolute atomic E-state index is 14.8. The highest BCUT2D eigenvalue weighted by Gasteiger charge is 2.35. The molecule has 0 unspecified atom stereocenters. The number of anilines is 1. The van der Waals surface area contributed by atoms with Crippen molar-refractivity contribution in [1.82, 2.24) is 14.7 Å². The summed E-state index contributed by atoms with van der Waals surface area (Å²) in [6.07, 6.45) is -2.32. The van der Waals surface area contributed by atoms with E-state index in [1.165, 1.54) is 11.3 Å². The Bertz CT molecular complexity index is 1660. The molecule has 2 atom stereocenters. The number of nitrogens with one attached hydrogen (secondary N) is 1. The molecule has 0 spiro atoms. The number of fused-ring (bicyclic) bond motifs is 1. The van der Waals surface area contributed by atoms with Gasteiger partial charge in [-0.2, -0.15) is 4.90 Å². The number of imide groups is 1. The smallest absolute Gasteiger partial charge is 0.422 e. The first-order valence-electron chi connectivity index (χ1n) is 12.5. The van der Waals surface area contributed by atoms with E-state index >= 15 is 0 Å². The quantitative estimate of drug-likeness (QED) is 0.163. The van der Waals surface area contributed by atoms with Gasteiger partial charge in [-0.1, -0.05) is 29.8 Å². The summed E-state index contributed by atoms with van der Waals surface area (Å²) in [5.74, 6) is -2.25. The topological polar surface area (TPSA) is 159 Å². The first kappa shape index (κ1) is 31.6. The highest BCUT2D eigenvalue weighted by atomic mass is 35.5. The predicted octanol–water partition coefficient (Wildman–Crippen LogP) is 6.68. The summed E-state index contributed by atoms with van der Waals surface area (Å²) in [6.45, 7) is 8.55. The summed E-state index contributed by atoms with van der Waals surface area (Å²) in [5.41, 5.74) is 0.814. The van der Waals surface area contributed by atoms with Gasteiger partial charge in [0.1, 0.15) is 10.8 Å². The molecule has 14 heteroatoms. The van der Waals surface area contributed by atoms with Crippen molar-refractivity contribution in [1.29, 1.82) is 0 Å². The fraction of sp³-hybridized carbons (Fsp3) is 0.286. The molecular weight excluding hydrogens is 607 g/mol. The molecule has 42 heavy (non-hydrogen) atoms. The minimum atomic E-state index is -1.96. The number of pyridine rings is 2. The van der Waals surface area contributed by atoms with Gasteiger partial charge in [0.05, 0.1) is 22.0 Å². The number of aliphatic hydroxyl groups is 1. The second-order valence-corrected chi connectivity index (χ2v) is 14.3. The maximum atomic E-state index is 14.8. The zero-order chi connectivity index (χ0) is 31.1. The number of benzene rings is 1. The van der Waals surface area contributed by atoms with E-state index in [0.29, 0.717) is 16.1 Å². The molecule has 3 aromatic heterocycles. The molecule has 0 aliphatic heterocycles. The lowest BCUT2D eigenvalue weighted by molar-refractivity contribution is 0.0785. The Kier molecular flexibility index (Phi) is 8.84. The third-order valence-corrected chi connectivity index (χ3v) is 9.29. The van der Waals surface area contributed by atoms with E-state index in [9.17, 15) is 33.9 Å². The number of amides is 2. The van der Waals surface area contributed by atoms with Crippen LogP contribution in [0.2, 0.25) is 5.02 Å². The van der Waals surface area contributed by atoms with E-state index in [4.69, 9.17) is 11.6 Å².